The second kappa shape index (κ2) is 7.89. The average Bonchev–Trinajstić information content (AvgIpc) is 2.93. The fraction of sp³-hybridized carbons (Fsp3) is 0.438. The smallest absolute Gasteiger partial charge is 0.325 e. The maximum absolute atomic E-state index is 12.2. The molecule has 1 heterocycles. The lowest BCUT2D eigenvalue weighted by molar-refractivity contribution is -0.148. The van der Waals surface area contributed by atoms with Crippen LogP contribution in [-0.4, -0.2) is 41.5 Å². The highest BCUT2D eigenvalue weighted by Crippen LogP contribution is 2.22. The minimum absolute atomic E-state index is 0.0169. The van der Waals surface area contributed by atoms with Crippen LogP contribution < -0.4 is 0 Å². The summed E-state index contributed by atoms with van der Waals surface area (Å²) < 4.78 is 6.01. The van der Waals surface area contributed by atoms with Gasteiger partial charge in [-0.15, -0.1) is 11.3 Å². The van der Waals surface area contributed by atoms with E-state index in [1.807, 2.05) is 31.2 Å². The summed E-state index contributed by atoms with van der Waals surface area (Å²) in [4.78, 5) is 29.7. The van der Waals surface area contributed by atoms with Crippen molar-refractivity contribution in [3.8, 4) is 0 Å². The van der Waals surface area contributed by atoms with Crippen molar-refractivity contribution in [1.82, 2.24) is 9.88 Å². The fourth-order valence-electron chi connectivity index (χ4n) is 2.14. The molecular formula is C16H20N2O3S. The van der Waals surface area contributed by atoms with E-state index in [2.05, 4.69) is 4.98 Å². The van der Waals surface area contributed by atoms with E-state index >= 15 is 0 Å². The first-order valence-electron chi connectivity index (χ1n) is 7.41. The number of hydrogen-bond acceptors (Lipinski definition) is 5. The number of fused-ring (bicyclic) bond motifs is 1. The molecule has 5 nitrogen and oxygen atoms in total. The van der Waals surface area contributed by atoms with Crippen molar-refractivity contribution in [2.45, 2.75) is 26.7 Å². The summed E-state index contributed by atoms with van der Waals surface area (Å²) in [5.41, 5.74) is 0.967. The molecule has 0 aliphatic carbocycles. The highest BCUT2D eigenvalue weighted by Gasteiger charge is 2.16. The zero-order chi connectivity index (χ0) is 15.9. The van der Waals surface area contributed by atoms with E-state index in [4.69, 9.17) is 4.74 Å². The second-order valence-electron chi connectivity index (χ2n) is 4.79. The third kappa shape index (κ3) is 4.27. The van der Waals surface area contributed by atoms with Crippen molar-refractivity contribution in [2.75, 3.05) is 19.7 Å². The third-order valence-corrected chi connectivity index (χ3v) is 4.35. The molecule has 0 radical (unpaired) electrons. The zero-order valence-corrected chi connectivity index (χ0v) is 13.7. The van der Waals surface area contributed by atoms with Gasteiger partial charge in [0, 0.05) is 19.4 Å². The molecule has 0 spiro atoms. The van der Waals surface area contributed by atoms with Crippen LogP contribution in [0.1, 0.15) is 25.3 Å². The third-order valence-electron chi connectivity index (χ3n) is 3.25. The van der Waals surface area contributed by atoms with Crippen molar-refractivity contribution in [3.63, 3.8) is 0 Å². The van der Waals surface area contributed by atoms with E-state index in [0.29, 0.717) is 26.0 Å². The van der Waals surface area contributed by atoms with Gasteiger partial charge >= 0.3 is 5.97 Å². The lowest BCUT2D eigenvalue weighted by Gasteiger charge is -2.19. The fourth-order valence-corrected chi connectivity index (χ4v) is 3.10. The first kappa shape index (κ1) is 16.4. The van der Waals surface area contributed by atoms with Crippen LogP contribution in [0, 0.1) is 0 Å². The first-order chi connectivity index (χ1) is 10.6. The molecule has 0 atom stereocenters. The molecule has 2 aromatic rings. The predicted octanol–water partition coefficient (Wildman–Crippen LogP) is 2.64. The molecular weight excluding hydrogens is 300 g/mol. The molecule has 0 aliphatic heterocycles. The Morgan fingerprint density at radius 1 is 1.27 bits per heavy atom. The van der Waals surface area contributed by atoms with Gasteiger partial charge in [0.25, 0.3) is 0 Å². The minimum atomic E-state index is -0.363. The molecule has 0 aliphatic rings. The summed E-state index contributed by atoms with van der Waals surface area (Å²) in [6, 6.07) is 7.93. The Morgan fingerprint density at radius 3 is 2.73 bits per heavy atom. The van der Waals surface area contributed by atoms with Gasteiger partial charge < -0.3 is 9.64 Å². The predicted molar refractivity (Wildman–Crippen MR) is 86.8 cm³/mol. The number of aromatic nitrogens is 1. The van der Waals surface area contributed by atoms with Gasteiger partial charge in [-0.2, -0.15) is 0 Å². The lowest BCUT2D eigenvalue weighted by atomic mass is 10.2. The number of hydrogen-bond donors (Lipinski definition) is 0. The molecule has 2 rings (SSSR count). The highest BCUT2D eigenvalue weighted by molar-refractivity contribution is 7.18. The van der Waals surface area contributed by atoms with Gasteiger partial charge in [0.1, 0.15) is 6.54 Å². The molecule has 22 heavy (non-hydrogen) atoms. The molecule has 1 aromatic heterocycles. The van der Waals surface area contributed by atoms with Gasteiger partial charge in [-0.25, -0.2) is 4.98 Å². The van der Waals surface area contributed by atoms with E-state index < -0.39 is 0 Å². The number of carbonyl (C=O) groups is 2. The quantitative estimate of drug-likeness (QED) is 0.736. The van der Waals surface area contributed by atoms with Gasteiger partial charge in [0.05, 0.1) is 21.8 Å². The number of para-hydroxylation sites is 1. The standard InChI is InChI=1S/C16H20N2O3S/c1-3-18(11-16(20)21-4-2)15(19)10-9-14-17-12-7-5-6-8-13(12)22-14/h5-8H,3-4,9-11H2,1-2H3. The van der Waals surface area contributed by atoms with Gasteiger partial charge in [-0.1, -0.05) is 12.1 Å². The Bertz CT molecular complexity index is 621. The van der Waals surface area contributed by atoms with Gasteiger partial charge in [0.15, 0.2) is 0 Å². The van der Waals surface area contributed by atoms with Crippen LogP contribution in [0.25, 0.3) is 10.2 Å². The largest absolute Gasteiger partial charge is 0.465 e. The monoisotopic (exact) mass is 320 g/mol. The number of nitrogens with zero attached hydrogens (tertiary/aromatic N) is 2. The van der Waals surface area contributed by atoms with Crippen molar-refractivity contribution in [1.29, 1.82) is 0 Å². The van der Waals surface area contributed by atoms with E-state index in [-0.39, 0.29) is 18.4 Å². The maximum atomic E-state index is 12.2. The SMILES string of the molecule is CCOC(=O)CN(CC)C(=O)CCc1nc2ccccc2s1. The van der Waals surface area contributed by atoms with Crippen molar-refractivity contribution < 1.29 is 14.3 Å². The molecule has 0 saturated heterocycles. The molecule has 6 heteroatoms. The van der Waals surface area contributed by atoms with E-state index in [0.717, 1.165) is 15.2 Å². The summed E-state index contributed by atoms with van der Waals surface area (Å²) in [7, 11) is 0. The first-order valence-corrected chi connectivity index (χ1v) is 8.23. The van der Waals surface area contributed by atoms with Crippen LogP contribution in [0.5, 0.6) is 0 Å². The van der Waals surface area contributed by atoms with Crippen LogP contribution in [0.3, 0.4) is 0 Å². The molecule has 118 valence electrons. The van der Waals surface area contributed by atoms with E-state index in [1.165, 1.54) is 4.90 Å². The lowest BCUT2D eigenvalue weighted by Crippen LogP contribution is -2.36. The van der Waals surface area contributed by atoms with Gasteiger partial charge in [0.2, 0.25) is 5.91 Å². The normalized spacial score (nSPS) is 10.6. The Kier molecular flexibility index (Phi) is 5.89. The second-order valence-corrected chi connectivity index (χ2v) is 5.90. The van der Waals surface area contributed by atoms with Crippen LogP contribution in [0.4, 0.5) is 0 Å². The highest BCUT2D eigenvalue weighted by atomic mass is 32.1. The molecule has 1 aromatic carbocycles. The molecule has 0 saturated carbocycles. The van der Waals surface area contributed by atoms with Crippen LogP contribution >= 0.6 is 11.3 Å². The Morgan fingerprint density at radius 2 is 2.05 bits per heavy atom. The molecule has 0 fully saturated rings. The van der Waals surface area contributed by atoms with E-state index in [9.17, 15) is 9.59 Å². The van der Waals surface area contributed by atoms with Crippen LogP contribution in [0.2, 0.25) is 0 Å². The number of benzene rings is 1. The summed E-state index contributed by atoms with van der Waals surface area (Å²) in [6.45, 7) is 4.45. The molecule has 0 unspecified atom stereocenters. The molecule has 1 amide bonds. The van der Waals surface area contributed by atoms with Crippen LogP contribution in [0.15, 0.2) is 24.3 Å². The van der Waals surface area contributed by atoms with Gasteiger partial charge in [-0.05, 0) is 26.0 Å². The maximum Gasteiger partial charge on any atom is 0.325 e. The van der Waals surface area contributed by atoms with E-state index in [1.54, 1.807) is 18.3 Å². The summed E-state index contributed by atoms with van der Waals surface area (Å²) in [5, 5.41) is 0.946. The summed E-state index contributed by atoms with van der Waals surface area (Å²) in [5.74, 6) is -0.410. The van der Waals surface area contributed by atoms with Crippen molar-refractivity contribution in [2.24, 2.45) is 0 Å². The summed E-state index contributed by atoms with van der Waals surface area (Å²) in [6.07, 6.45) is 0.949. The Labute approximate surface area is 133 Å². The van der Waals surface area contributed by atoms with Gasteiger partial charge in [-0.3, -0.25) is 9.59 Å². The molecule has 0 bridgehead atoms. The van der Waals surface area contributed by atoms with Crippen molar-refractivity contribution >= 4 is 33.4 Å². The molecule has 0 N–H and O–H groups in total. The topological polar surface area (TPSA) is 59.5 Å². The van der Waals surface area contributed by atoms with Crippen molar-refractivity contribution in [3.05, 3.63) is 29.3 Å². The number of aryl methyl sites for hydroxylation is 1. The van der Waals surface area contributed by atoms with Crippen LogP contribution in [-0.2, 0) is 20.7 Å². The number of likely N-dealkylation sites (N-methyl/N-ethyl adjacent to an activating group) is 1. The number of ether oxygens (including phenoxy) is 1. The number of amides is 1. The minimum Gasteiger partial charge on any atom is -0.465 e. The Balaban J connectivity index is 1.91. The number of carbonyl (C=O) groups excluding carboxylic acids is 2. The zero-order valence-electron chi connectivity index (χ0n) is 12.9. The average molecular weight is 320 g/mol. The number of thiazole rings is 1. The number of rotatable bonds is 7. The number of esters is 1. The Hall–Kier alpha value is -1.95. The summed E-state index contributed by atoms with van der Waals surface area (Å²) >= 11 is 1.61.